The van der Waals surface area contributed by atoms with Gasteiger partial charge in [-0.25, -0.2) is 9.69 Å². The Hall–Kier alpha value is -11.4. The minimum absolute atomic E-state index is 0.0489. The summed E-state index contributed by atoms with van der Waals surface area (Å²) in [4.78, 5) is 131. The van der Waals surface area contributed by atoms with Crippen molar-refractivity contribution in [2.24, 2.45) is 11.3 Å². The predicted molar refractivity (Wildman–Crippen MR) is 419 cm³/mol. The van der Waals surface area contributed by atoms with Gasteiger partial charge < -0.3 is 80.3 Å². The second-order valence-electron chi connectivity index (χ2n) is 30.8. The van der Waals surface area contributed by atoms with Gasteiger partial charge in [0.05, 0.1) is 87.3 Å². The maximum Gasteiger partial charge on any atom is 0.416 e. The molecular weight excluding hydrogens is 1430 g/mol. The number of aliphatic hydroxyl groups is 1. The molecule has 112 heavy (non-hydrogen) atoms. The van der Waals surface area contributed by atoms with Crippen LogP contribution in [0.4, 0.5) is 27.5 Å². The SMILES string of the molecule is COc1cc2c(cc1OCCCCCOc1cc3c(cc1OC)C(=O)N1CC4(CC4)C[C@H]1C(O)N3C(=O)OCc1ccc(NC(=O)[C@H](C)NC(=O)[C@@H](NC(=O)CNC(=O)CNC(=O)CCC(=O)N3Cc4ccccc4C#Cc4ccccc43)C(C)C)cc1)NC[C@@H]1CC(c3ccc(C4CCN(C5CC5)CC4)cc3)=CN1C2=O. The smallest absolute Gasteiger partial charge is 0.416 e. The van der Waals surface area contributed by atoms with Crippen LogP contribution in [0.1, 0.15) is 164 Å². The molecule has 2 saturated heterocycles. The third kappa shape index (κ3) is 17.7. The van der Waals surface area contributed by atoms with E-state index in [0.717, 1.165) is 52.5 Å². The van der Waals surface area contributed by atoms with E-state index in [9.17, 15) is 48.3 Å². The summed E-state index contributed by atoms with van der Waals surface area (Å²) in [6.07, 6.45) is 9.37. The molecule has 9 amide bonds. The molecule has 6 aliphatic heterocycles. The van der Waals surface area contributed by atoms with E-state index in [0.29, 0.717) is 96.5 Å². The van der Waals surface area contributed by atoms with Gasteiger partial charge >= 0.3 is 6.09 Å². The van der Waals surface area contributed by atoms with E-state index in [1.54, 1.807) is 73.2 Å². The molecule has 1 unspecified atom stereocenters. The monoisotopic (exact) mass is 1520 g/mol. The van der Waals surface area contributed by atoms with E-state index in [4.69, 9.17) is 23.7 Å². The van der Waals surface area contributed by atoms with Gasteiger partial charge in [-0.05, 0) is 178 Å². The average Bonchev–Trinajstić information content (AvgIpc) is 1.56. The first-order valence-electron chi connectivity index (χ1n) is 39.0. The number of unbranched alkanes of at least 4 members (excludes halogenated alkanes) is 2. The number of anilines is 4. The van der Waals surface area contributed by atoms with E-state index >= 15 is 0 Å². The van der Waals surface area contributed by atoms with Crippen molar-refractivity contribution in [2.45, 2.75) is 160 Å². The lowest BCUT2D eigenvalue weighted by atomic mass is 9.88. The second-order valence-corrected chi connectivity index (χ2v) is 30.8. The molecule has 26 nitrogen and oxygen atoms in total. The summed E-state index contributed by atoms with van der Waals surface area (Å²) in [6, 6.07) is 34.8. The highest BCUT2D eigenvalue weighted by Gasteiger charge is 2.58. The van der Waals surface area contributed by atoms with Crippen LogP contribution in [-0.2, 0) is 46.7 Å². The fourth-order valence-electron chi connectivity index (χ4n) is 15.9. The van der Waals surface area contributed by atoms with Gasteiger partial charge in [0.25, 0.3) is 11.8 Å². The number of hydrogen-bond donors (Lipinski definition) is 7. The highest BCUT2D eigenvalue weighted by atomic mass is 16.6. The third-order valence-corrected chi connectivity index (χ3v) is 22.7. The zero-order valence-corrected chi connectivity index (χ0v) is 63.9. The van der Waals surface area contributed by atoms with Crippen molar-refractivity contribution in [3.8, 4) is 34.8 Å². The van der Waals surface area contributed by atoms with Crippen LogP contribution < -0.4 is 60.6 Å². The van der Waals surface area contributed by atoms with Gasteiger partial charge in [-0.1, -0.05) is 92.4 Å². The quantitative estimate of drug-likeness (QED) is 0.0178. The zero-order chi connectivity index (χ0) is 78.3. The third-order valence-electron chi connectivity index (χ3n) is 22.7. The van der Waals surface area contributed by atoms with E-state index in [2.05, 4.69) is 72.9 Å². The van der Waals surface area contributed by atoms with Gasteiger partial charge in [0.15, 0.2) is 29.2 Å². The van der Waals surface area contributed by atoms with Crippen LogP contribution in [0.2, 0.25) is 0 Å². The molecule has 586 valence electrons. The molecule has 5 atom stereocenters. The first kappa shape index (κ1) is 77.3. The molecule has 1 spiro atoms. The number of rotatable bonds is 28. The number of amides is 9. The van der Waals surface area contributed by atoms with Gasteiger partial charge in [-0.2, -0.15) is 0 Å². The minimum Gasteiger partial charge on any atom is -0.493 e. The van der Waals surface area contributed by atoms with Crippen molar-refractivity contribution in [3.05, 3.63) is 172 Å². The van der Waals surface area contributed by atoms with Crippen molar-refractivity contribution in [1.82, 2.24) is 36.0 Å². The van der Waals surface area contributed by atoms with E-state index in [1.165, 1.54) is 64.4 Å². The molecule has 14 rings (SSSR count). The van der Waals surface area contributed by atoms with Crippen LogP contribution in [0.15, 0.2) is 128 Å². The van der Waals surface area contributed by atoms with Crippen LogP contribution in [0.25, 0.3) is 5.57 Å². The Balaban J connectivity index is 0.524. The van der Waals surface area contributed by atoms with Crippen LogP contribution in [0, 0.1) is 23.2 Å². The number of benzene rings is 6. The van der Waals surface area contributed by atoms with Gasteiger partial charge in [-0.3, -0.25) is 38.4 Å². The number of nitrogens with zero attached hydrogens (tertiary/aromatic N) is 5. The molecule has 2 aliphatic carbocycles. The number of methoxy groups -OCH3 is 2. The fraction of sp³-hybridized carbons (Fsp3) is 0.430. The van der Waals surface area contributed by atoms with E-state index in [1.807, 2.05) is 59.6 Å². The van der Waals surface area contributed by atoms with Crippen LogP contribution in [0.5, 0.6) is 23.0 Å². The zero-order valence-electron chi connectivity index (χ0n) is 63.9. The van der Waals surface area contributed by atoms with Gasteiger partial charge in [-0.15, -0.1) is 0 Å². The Bertz CT molecular complexity index is 4690. The first-order valence-corrected chi connectivity index (χ1v) is 39.0. The maximum atomic E-state index is 14.5. The van der Waals surface area contributed by atoms with E-state index < -0.39 is 79.0 Å². The molecule has 6 aromatic rings. The first-order chi connectivity index (χ1) is 54.2. The number of para-hydroxylation sites is 1. The van der Waals surface area contributed by atoms with Crippen molar-refractivity contribution >= 4 is 81.7 Å². The molecule has 0 bridgehead atoms. The summed E-state index contributed by atoms with van der Waals surface area (Å²) in [5.74, 6) is 4.04. The minimum atomic E-state index is -1.48. The van der Waals surface area contributed by atoms with Crippen molar-refractivity contribution in [1.29, 1.82) is 0 Å². The van der Waals surface area contributed by atoms with Crippen molar-refractivity contribution in [2.75, 3.05) is 87.1 Å². The molecule has 26 heteroatoms. The Morgan fingerprint density at radius 3 is 2.04 bits per heavy atom. The largest absolute Gasteiger partial charge is 0.493 e. The average molecular weight is 1520 g/mol. The molecule has 2 saturated carbocycles. The Morgan fingerprint density at radius 2 is 1.34 bits per heavy atom. The number of fused-ring (bicyclic) bond motifs is 6. The number of nitrogens with one attached hydrogen (secondary N) is 6. The molecule has 8 aliphatic rings. The highest BCUT2D eigenvalue weighted by molar-refractivity contribution is 6.07. The number of carbonyl (C=O) groups excluding carboxylic acids is 9. The van der Waals surface area contributed by atoms with Gasteiger partial charge in [0.1, 0.15) is 18.7 Å². The van der Waals surface area contributed by atoms with Crippen molar-refractivity contribution in [3.63, 3.8) is 0 Å². The standard InChI is InChI=1S/C86H97N11O15/c1-52(2)79(92-77(100)47-89-76(99)46-88-75(98)29-30-78(101)95-48-60-15-8-7-13-55(60)23-24-59-14-9-10-16-68(59)95)81(103)90-53(3)80(102)91-62-25-17-54(18-26-62)50-112-85(107)97-69-43-74(72(109-5)41-66(69)83(105)96-51-86(33-34-86)44-70(96)84(97)106)111-38-12-6-11-37-110-73-42-67-65(40-71(73)108-4)82(104)94-49-61(39-64(94)45-87-67)57-21-19-56(20-22-57)58-31-35-93(36-32-58)63-27-28-63/h7-10,13-22,25-26,40-43,49,52-53,58,63-64,70,79,84,87,106H,6,11-12,27-39,44-48,50-51H2,1-5H3,(H,88,98)(H,89,99)(H,90,103)(H,91,102)(H,92,100)/t53-,64-,70-,79-,84?/m0/s1. The summed E-state index contributed by atoms with van der Waals surface area (Å²) in [5, 5.41) is 28.7. The maximum absolute atomic E-state index is 14.5. The molecule has 4 fully saturated rings. The molecule has 6 heterocycles. The normalized spacial score (nSPS) is 19.1. The summed E-state index contributed by atoms with van der Waals surface area (Å²) in [7, 11) is 3.03. The van der Waals surface area contributed by atoms with Gasteiger partial charge in [0, 0.05) is 67.1 Å². The highest BCUT2D eigenvalue weighted by Crippen LogP contribution is 2.57. The summed E-state index contributed by atoms with van der Waals surface area (Å²) >= 11 is 0. The molecule has 0 radical (unpaired) electrons. The molecular formula is C86H97N11O15. The Morgan fingerprint density at radius 1 is 0.670 bits per heavy atom. The Labute approximate surface area is 651 Å². The Kier molecular flexibility index (Phi) is 23.5. The summed E-state index contributed by atoms with van der Waals surface area (Å²) in [5.41, 5.74) is 8.83. The van der Waals surface area contributed by atoms with Crippen LogP contribution in [-0.4, -0.2) is 176 Å². The molecule has 7 N–H and O–H groups in total. The number of likely N-dealkylation sites (tertiary alicyclic amines) is 1. The summed E-state index contributed by atoms with van der Waals surface area (Å²) in [6.45, 7) is 7.85. The number of piperidine rings is 1. The van der Waals surface area contributed by atoms with Crippen molar-refractivity contribution < 1.29 is 71.9 Å². The topological polar surface area (TPSA) is 308 Å². The van der Waals surface area contributed by atoms with E-state index in [-0.39, 0.29) is 84.5 Å². The number of carbonyl (C=O) groups is 9. The number of ether oxygens (including phenoxy) is 5. The predicted octanol–water partition coefficient (Wildman–Crippen LogP) is 9.37. The summed E-state index contributed by atoms with van der Waals surface area (Å²) < 4.78 is 30.1. The fourth-order valence-corrected chi connectivity index (χ4v) is 15.9. The molecule has 6 aromatic carbocycles. The lowest BCUT2D eigenvalue weighted by molar-refractivity contribution is -0.132. The lowest BCUT2D eigenvalue weighted by Crippen LogP contribution is -2.55. The van der Waals surface area contributed by atoms with Gasteiger partial charge in [0.2, 0.25) is 35.4 Å². The molecule has 0 aromatic heterocycles. The number of hydrogen-bond acceptors (Lipinski definition) is 17. The van der Waals surface area contributed by atoms with Crippen LogP contribution in [0.3, 0.4) is 0 Å². The lowest BCUT2D eigenvalue weighted by Gasteiger charge is -2.32. The number of aliphatic hydroxyl groups excluding tert-OH is 1. The second kappa shape index (κ2) is 34.0. The van der Waals surface area contributed by atoms with Crippen LogP contribution >= 0.6 is 0 Å².